The first-order valence-corrected chi connectivity index (χ1v) is 15.5. The normalized spacial score (nSPS) is 19.5. The van der Waals surface area contributed by atoms with Crippen LogP contribution in [0.25, 0.3) is 0 Å². The van der Waals surface area contributed by atoms with Crippen LogP contribution in [-0.4, -0.2) is 60.6 Å². The molecule has 0 bridgehead atoms. The third kappa shape index (κ3) is 6.89. The number of H-pyrrole nitrogens is 1. The van der Waals surface area contributed by atoms with Gasteiger partial charge < -0.3 is 24.3 Å². The highest BCUT2D eigenvalue weighted by atomic mass is 16.7. The summed E-state index contributed by atoms with van der Waals surface area (Å²) in [4.78, 5) is 32.7. The molecule has 1 saturated carbocycles. The molecule has 7 nitrogen and oxygen atoms in total. The molecule has 1 aromatic heterocycles. The van der Waals surface area contributed by atoms with Crippen molar-refractivity contribution in [3.63, 3.8) is 0 Å². The lowest BCUT2D eigenvalue weighted by Gasteiger charge is -2.27. The molecule has 2 aromatic rings. The highest BCUT2D eigenvalue weighted by molar-refractivity contribution is 5.84. The lowest BCUT2D eigenvalue weighted by molar-refractivity contribution is -0.0710. The zero-order chi connectivity index (χ0) is 29.9. The Kier molecular flexibility index (Phi) is 10.0. The fraction of sp³-hybridized carbons (Fsp3) is 0.647. The molecule has 1 aliphatic heterocycles. The third-order valence-corrected chi connectivity index (χ3v) is 9.40. The number of pyridine rings is 1. The number of aromatic nitrogens is 1. The zero-order valence-electron chi connectivity index (χ0n) is 26.6. The van der Waals surface area contributed by atoms with Crippen molar-refractivity contribution in [3.8, 4) is 11.5 Å². The number of hydrogen-bond donors (Lipinski definition) is 1. The number of aryl methyl sites for hydroxylation is 2. The maximum Gasteiger partial charge on any atom is 0.252 e. The molecule has 0 spiro atoms. The van der Waals surface area contributed by atoms with Crippen LogP contribution < -0.4 is 15.0 Å². The fourth-order valence-corrected chi connectivity index (χ4v) is 6.99. The molecular weight excluding hydrogens is 514 g/mol. The Morgan fingerprint density at radius 2 is 1.78 bits per heavy atom. The molecule has 2 heterocycles. The summed E-state index contributed by atoms with van der Waals surface area (Å²) >= 11 is 0. The lowest BCUT2D eigenvalue weighted by Crippen LogP contribution is -2.35. The highest BCUT2D eigenvalue weighted by Crippen LogP contribution is 2.53. The van der Waals surface area contributed by atoms with Crippen molar-refractivity contribution < 1.29 is 14.3 Å². The Bertz CT molecular complexity index is 1290. The molecule has 1 N–H and O–H groups in total. The Morgan fingerprint density at radius 1 is 1.10 bits per heavy atom. The van der Waals surface area contributed by atoms with Gasteiger partial charge in [0, 0.05) is 60.4 Å². The molecule has 0 radical (unpaired) electrons. The van der Waals surface area contributed by atoms with E-state index in [1.54, 1.807) is 0 Å². The number of likely N-dealkylation sites (N-methyl/N-ethyl adjacent to an activating group) is 1. The first-order valence-electron chi connectivity index (χ1n) is 15.5. The second kappa shape index (κ2) is 13.1. The number of hydrogen-bond acceptors (Lipinski definition) is 6. The SMILES string of the molecule is CCC(CCCC1(C)Oc2c(C)c(C=O)c(CCN(C)Cc3c(C)cc(C)[nH]c3=O)c(C3CCCC3)c2O1)N(C)C. The summed E-state index contributed by atoms with van der Waals surface area (Å²) in [6.45, 7) is 11.5. The number of aromatic amines is 1. The topological polar surface area (TPSA) is 74.9 Å². The second-order valence-corrected chi connectivity index (χ2v) is 12.9. The second-order valence-electron chi connectivity index (χ2n) is 12.9. The van der Waals surface area contributed by atoms with Crippen molar-refractivity contribution in [2.24, 2.45) is 0 Å². The number of aldehydes is 1. The van der Waals surface area contributed by atoms with E-state index in [0.29, 0.717) is 24.9 Å². The van der Waals surface area contributed by atoms with Crippen LogP contribution in [-0.2, 0) is 13.0 Å². The van der Waals surface area contributed by atoms with Crippen LogP contribution >= 0.6 is 0 Å². The number of fused-ring (bicyclic) bond motifs is 1. The van der Waals surface area contributed by atoms with Gasteiger partial charge in [0.25, 0.3) is 5.56 Å². The molecule has 226 valence electrons. The van der Waals surface area contributed by atoms with Crippen molar-refractivity contribution in [2.75, 3.05) is 27.7 Å². The third-order valence-electron chi connectivity index (χ3n) is 9.40. The van der Waals surface area contributed by atoms with E-state index in [-0.39, 0.29) is 5.56 Å². The Morgan fingerprint density at radius 3 is 2.39 bits per heavy atom. The van der Waals surface area contributed by atoms with Crippen molar-refractivity contribution in [1.82, 2.24) is 14.8 Å². The summed E-state index contributed by atoms with van der Waals surface area (Å²) in [5.74, 6) is 1.26. The number of rotatable bonds is 13. The quantitative estimate of drug-likeness (QED) is 0.282. The summed E-state index contributed by atoms with van der Waals surface area (Å²) in [6, 6.07) is 2.57. The van der Waals surface area contributed by atoms with Crippen molar-refractivity contribution in [2.45, 2.75) is 117 Å². The summed E-state index contributed by atoms with van der Waals surface area (Å²) < 4.78 is 13.4. The number of benzene rings is 1. The molecular formula is C34H51N3O4. The first-order chi connectivity index (χ1) is 19.5. The van der Waals surface area contributed by atoms with Gasteiger partial charge in [0.2, 0.25) is 5.79 Å². The van der Waals surface area contributed by atoms with E-state index in [4.69, 9.17) is 9.47 Å². The molecule has 0 saturated heterocycles. The zero-order valence-corrected chi connectivity index (χ0v) is 26.6. The number of nitrogens with one attached hydrogen (secondary N) is 1. The van der Waals surface area contributed by atoms with E-state index in [0.717, 1.165) is 96.4 Å². The van der Waals surface area contributed by atoms with Gasteiger partial charge in [-0.05, 0) is 104 Å². The Labute approximate surface area is 246 Å². The molecule has 0 amide bonds. The van der Waals surface area contributed by atoms with Gasteiger partial charge in [-0.1, -0.05) is 19.8 Å². The van der Waals surface area contributed by atoms with Gasteiger partial charge in [-0.15, -0.1) is 0 Å². The molecule has 2 atom stereocenters. The van der Waals surface area contributed by atoms with Crippen molar-refractivity contribution in [1.29, 1.82) is 0 Å². The van der Waals surface area contributed by atoms with Gasteiger partial charge in [0.15, 0.2) is 17.8 Å². The van der Waals surface area contributed by atoms with E-state index in [1.807, 2.05) is 33.9 Å². The molecule has 4 rings (SSSR count). The van der Waals surface area contributed by atoms with Crippen molar-refractivity contribution in [3.05, 3.63) is 55.5 Å². The van der Waals surface area contributed by atoms with Crippen LogP contribution in [0.2, 0.25) is 0 Å². The minimum absolute atomic E-state index is 0.0244. The smallest absolute Gasteiger partial charge is 0.252 e. The molecule has 1 aromatic carbocycles. The van der Waals surface area contributed by atoms with Gasteiger partial charge in [0.1, 0.15) is 0 Å². The van der Waals surface area contributed by atoms with E-state index in [9.17, 15) is 9.59 Å². The van der Waals surface area contributed by atoms with E-state index < -0.39 is 5.79 Å². The molecule has 1 aliphatic carbocycles. The lowest BCUT2D eigenvalue weighted by atomic mass is 9.85. The highest BCUT2D eigenvalue weighted by Gasteiger charge is 2.42. The monoisotopic (exact) mass is 565 g/mol. The maximum atomic E-state index is 12.6. The molecule has 7 heteroatoms. The van der Waals surface area contributed by atoms with E-state index >= 15 is 0 Å². The Balaban J connectivity index is 1.60. The average molecular weight is 566 g/mol. The maximum absolute atomic E-state index is 12.6. The number of carbonyl (C=O) groups excluding carboxylic acids is 1. The predicted molar refractivity (Wildman–Crippen MR) is 166 cm³/mol. The van der Waals surface area contributed by atoms with Crippen LogP contribution in [0.3, 0.4) is 0 Å². The van der Waals surface area contributed by atoms with Crippen LogP contribution in [0.1, 0.15) is 115 Å². The number of carbonyl (C=O) groups is 1. The van der Waals surface area contributed by atoms with Gasteiger partial charge in [-0.3, -0.25) is 9.59 Å². The molecule has 2 aliphatic rings. The molecule has 1 fully saturated rings. The van der Waals surface area contributed by atoms with E-state index in [1.165, 1.54) is 18.4 Å². The van der Waals surface area contributed by atoms with E-state index in [2.05, 4.69) is 42.7 Å². The Hall–Kier alpha value is -2.64. The van der Waals surface area contributed by atoms with Gasteiger partial charge >= 0.3 is 0 Å². The van der Waals surface area contributed by atoms with Crippen LogP contribution in [0.15, 0.2) is 10.9 Å². The molecule has 41 heavy (non-hydrogen) atoms. The summed E-state index contributed by atoms with van der Waals surface area (Å²) in [7, 11) is 6.33. The molecule has 2 unspecified atom stereocenters. The summed E-state index contributed by atoms with van der Waals surface area (Å²) in [6.07, 6.45) is 10.4. The average Bonchev–Trinajstić information content (AvgIpc) is 3.56. The first kappa shape index (κ1) is 31.3. The van der Waals surface area contributed by atoms with Crippen LogP contribution in [0.5, 0.6) is 11.5 Å². The summed E-state index contributed by atoms with van der Waals surface area (Å²) in [5.41, 5.74) is 6.56. The van der Waals surface area contributed by atoms with Crippen LogP contribution in [0, 0.1) is 20.8 Å². The van der Waals surface area contributed by atoms with Gasteiger partial charge in [0.05, 0.1) is 0 Å². The van der Waals surface area contributed by atoms with Gasteiger partial charge in [-0.25, -0.2) is 0 Å². The minimum atomic E-state index is -0.732. The fourth-order valence-electron chi connectivity index (χ4n) is 6.99. The summed E-state index contributed by atoms with van der Waals surface area (Å²) in [5, 5.41) is 0. The van der Waals surface area contributed by atoms with Crippen LogP contribution in [0.4, 0.5) is 0 Å². The minimum Gasteiger partial charge on any atom is -0.448 e. The largest absolute Gasteiger partial charge is 0.448 e. The predicted octanol–water partition coefficient (Wildman–Crippen LogP) is 6.44. The van der Waals surface area contributed by atoms with Crippen molar-refractivity contribution >= 4 is 6.29 Å². The van der Waals surface area contributed by atoms with Gasteiger partial charge in [-0.2, -0.15) is 0 Å². The number of nitrogens with zero attached hydrogens (tertiary/aromatic N) is 2. The standard InChI is InChI=1S/C34H51N3O4/c1-9-26(36(6)7)15-12-17-34(5)40-31-24(4)29(21-38)27(30(32(31)41-34)25-13-10-11-14-25)16-18-37(8)20-28-22(2)19-23(3)35-33(28)39/h19,21,25-26H,9-18,20H2,1-8H3,(H,35,39). The number of ether oxygens (including phenoxy) is 2.